The van der Waals surface area contributed by atoms with Crippen molar-refractivity contribution in [2.24, 2.45) is 0 Å². The summed E-state index contributed by atoms with van der Waals surface area (Å²) in [4.78, 5) is 12.6. The second-order valence-electron chi connectivity index (χ2n) is 7.86. The summed E-state index contributed by atoms with van der Waals surface area (Å²) in [6.07, 6.45) is 5.70. The Morgan fingerprint density at radius 1 is 1.00 bits per heavy atom. The average Bonchev–Trinajstić information content (AvgIpc) is 2.75. The summed E-state index contributed by atoms with van der Waals surface area (Å²) in [5, 5.41) is 2.54. The predicted octanol–water partition coefficient (Wildman–Crippen LogP) is 3.40. The molecule has 2 N–H and O–H groups in total. The number of carbonyl (C=O) groups is 1. The van der Waals surface area contributed by atoms with Crippen molar-refractivity contribution in [2.45, 2.75) is 43.0 Å². The Labute approximate surface area is 187 Å². The Morgan fingerprint density at radius 2 is 1.62 bits per heavy atom. The molecule has 3 rings (SSSR count). The van der Waals surface area contributed by atoms with Crippen LogP contribution in [0, 0.1) is 5.82 Å². The Bertz CT molecular complexity index is 1190. The van der Waals surface area contributed by atoms with Crippen molar-refractivity contribution in [2.75, 3.05) is 23.3 Å². The first kappa shape index (κ1) is 24.1. The summed E-state index contributed by atoms with van der Waals surface area (Å²) in [5.41, 5.74) is 0.0833. The van der Waals surface area contributed by atoms with Crippen LogP contribution in [-0.2, 0) is 20.0 Å². The first-order valence-electron chi connectivity index (χ1n) is 10.1. The molecule has 11 heteroatoms. The maximum atomic E-state index is 13.8. The minimum absolute atomic E-state index is 0.0232. The van der Waals surface area contributed by atoms with Crippen molar-refractivity contribution < 1.29 is 26.0 Å². The molecule has 0 unspecified atom stereocenters. The quantitative estimate of drug-likeness (QED) is 0.627. The van der Waals surface area contributed by atoms with Gasteiger partial charge in [-0.15, -0.1) is 0 Å². The zero-order chi connectivity index (χ0) is 23.5. The molecule has 174 valence electrons. The van der Waals surface area contributed by atoms with Crippen LogP contribution in [0.25, 0.3) is 0 Å². The molecule has 0 atom stereocenters. The van der Waals surface area contributed by atoms with E-state index in [4.69, 9.17) is 0 Å². The number of nitrogens with one attached hydrogen (secondary N) is 2. The first-order chi connectivity index (χ1) is 15.0. The van der Waals surface area contributed by atoms with Crippen molar-refractivity contribution >= 4 is 37.3 Å². The normalized spacial score (nSPS) is 15.5. The molecule has 0 saturated heterocycles. The summed E-state index contributed by atoms with van der Waals surface area (Å²) < 4.78 is 65.8. The summed E-state index contributed by atoms with van der Waals surface area (Å²) >= 11 is 0. The van der Waals surface area contributed by atoms with Gasteiger partial charge in [0.05, 0.1) is 16.8 Å². The van der Waals surface area contributed by atoms with Crippen LogP contribution in [0.1, 0.15) is 42.5 Å². The van der Waals surface area contributed by atoms with E-state index >= 15 is 0 Å². The Hall–Kier alpha value is -2.50. The molecular formula is C21H26FN3O5S2. The van der Waals surface area contributed by atoms with Gasteiger partial charge in [0.25, 0.3) is 5.91 Å². The Morgan fingerprint density at radius 3 is 2.22 bits per heavy atom. The third kappa shape index (κ3) is 5.84. The van der Waals surface area contributed by atoms with Crippen LogP contribution < -0.4 is 10.0 Å². The number of anilines is 2. The highest BCUT2D eigenvalue weighted by atomic mass is 32.2. The van der Waals surface area contributed by atoms with Gasteiger partial charge in [0.1, 0.15) is 5.82 Å². The number of hydrogen-bond acceptors (Lipinski definition) is 5. The van der Waals surface area contributed by atoms with Gasteiger partial charge in [0.15, 0.2) is 0 Å². The number of rotatable bonds is 7. The van der Waals surface area contributed by atoms with Crippen LogP contribution in [0.2, 0.25) is 0 Å². The van der Waals surface area contributed by atoms with E-state index in [-0.39, 0.29) is 27.9 Å². The SMILES string of the molecule is CN(C1CCCCC1)S(=O)(=O)c1ccc(C(=O)Nc2ccc(F)c(NS(C)(=O)=O)c2)cc1. The van der Waals surface area contributed by atoms with Gasteiger partial charge in [-0.3, -0.25) is 9.52 Å². The predicted molar refractivity (Wildman–Crippen MR) is 121 cm³/mol. The lowest BCUT2D eigenvalue weighted by Gasteiger charge is -2.30. The molecule has 0 bridgehead atoms. The lowest BCUT2D eigenvalue weighted by atomic mass is 9.96. The molecule has 0 aromatic heterocycles. The second kappa shape index (κ2) is 9.55. The number of nitrogens with zero attached hydrogens (tertiary/aromatic N) is 1. The molecule has 1 aliphatic carbocycles. The molecule has 1 aliphatic rings. The van der Waals surface area contributed by atoms with E-state index in [2.05, 4.69) is 5.32 Å². The van der Waals surface area contributed by atoms with Crippen LogP contribution in [0.5, 0.6) is 0 Å². The molecule has 2 aromatic rings. The fourth-order valence-corrected chi connectivity index (χ4v) is 5.64. The maximum absolute atomic E-state index is 13.8. The van der Waals surface area contributed by atoms with E-state index in [1.165, 1.54) is 34.6 Å². The second-order valence-corrected chi connectivity index (χ2v) is 11.6. The molecule has 0 radical (unpaired) electrons. The van der Waals surface area contributed by atoms with E-state index in [9.17, 15) is 26.0 Å². The molecular weight excluding hydrogens is 457 g/mol. The highest BCUT2D eigenvalue weighted by Gasteiger charge is 2.29. The zero-order valence-electron chi connectivity index (χ0n) is 17.8. The maximum Gasteiger partial charge on any atom is 0.255 e. The van der Waals surface area contributed by atoms with E-state index in [1.54, 1.807) is 7.05 Å². The zero-order valence-corrected chi connectivity index (χ0v) is 19.5. The molecule has 8 nitrogen and oxygen atoms in total. The van der Waals surface area contributed by atoms with Gasteiger partial charge >= 0.3 is 0 Å². The number of carbonyl (C=O) groups excluding carboxylic acids is 1. The Balaban J connectivity index is 1.73. The van der Waals surface area contributed by atoms with Crippen LogP contribution in [0.3, 0.4) is 0 Å². The topological polar surface area (TPSA) is 113 Å². The summed E-state index contributed by atoms with van der Waals surface area (Å²) in [6, 6.07) is 9.01. The van der Waals surface area contributed by atoms with Gasteiger partial charge in [0, 0.05) is 24.3 Å². The van der Waals surface area contributed by atoms with Crippen molar-refractivity contribution in [1.29, 1.82) is 0 Å². The fourth-order valence-electron chi connectivity index (χ4n) is 3.67. The molecule has 0 heterocycles. The van der Waals surface area contributed by atoms with Crippen molar-refractivity contribution in [3.8, 4) is 0 Å². The lowest BCUT2D eigenvalue weighted by Crippen LogP contribution is -2.38. The largest absolute Gasteiger partial charge is 0.322 e. The van der Waals surface area contributed by atoms with Gasteiger partial charge in [-0.1, -0.05) is 19.3 Å². The van der Waals surface area contributed by atoms with Crippen LogP contribution in [0.4, 0.5) is 15.8 Å². The third-order valence-electron chi connectivity index (χ3n) is 5.40. The summed E-state index contributed by atoms with van der Waals surface area (Å²) in [5.74, 6) is -1.34. The van der Waals surface area contributed by atoms with E-state index in [0.29, 0.717) is 0 Å². The van der Waals surface area contributed by atoms with E-state index in [1.807, 2.05) is 4.72 Å². The van der Waals surface area contributed by atoms with Crippen LogP contribution >= 0.6 is 0 Å². The van der Waals surface area contributed by atoms with E-state index < -0.39 is 31.8 Å². The molecule has 1 amide bonds. The van der Waals surface area contributed by atoms with Gasteiger partial charge in [-0.25, -0.2) is 21.2 Å². The minimum Gasteiger partial charge on any atom is -0.322 e. The highest BCUT2D eigenvalue weighted by Crippen LogP contribution is 2.27. The standard InChI is InChI=1S/C21H26FN3O5S2/c1-25(17-6-4-3-5-7-17)32(29,30)18-11-8-15(9-12-18)21(26)23-16-10-13-19(22)20(14-16)24-31(2,27)28/h8-14,17,24H,3-7H2,1-2H3,(H,23,26). The average molecular weight is 484 g/mol. The molecule has 0 aliphatic heterocycles. The van der Waals surface area contributed by atoms with Gasteiger partial charge in [-0.2, -0.15) is 4.31 Å². The number of sulfonamides is 2. The Kier molecular flexibility index (Phi) is 7.21. The number of halogens is 1. The van der Waals surface area contributed by atoms with Crippen LogP contribution in [-0.4, -0.2) is 46.4 Å². The van der Waals surface area contributed by atoms with E-state index in [0.717, 1.165) is 50.5 Å². The monoisotopic (exact) mass is 483 g/mol. The third-order valence-corrected chi connectivity index (χ3v) is 7.92. The smallest absolute Gasteiger partial charge is 0.255 e. The molecule has 32 heavy (non-hydrogen) atoms. The molecule has 0 spiro atoms. The molecule has 1 saturated carbocycles. The van der Waals surface area contributed by atoms with Gasteiger partial charge in [0.2, 0.25) is 20.0 Å². The van der Waals surface area contributed by atoms with Crippen molar-refractivity contribution in [3.05, 3.63) is 53.8 Å². The summed E-state index contributed by atoms with van der Waals surface area (Å²) in [6.45, 7) is 0. The first-order valence-corrected chi connectivity index (χ1v) is 13.5. The van der Waals surface area contributed by atoms with Crippen molar-refractivity contribution in [3.63, 3.8) is 0 Å². The molecule has 1 fully saturated rings. The van der Waals surface area contributed by atoms with Gasteiger partial charge in [-0.05, 0) is 55.3 Å². The van der Waals surface area contributed by atoms with Gasteiger partial charge < -0.3 is 5.32 Å². The number of amides is 1. The fraction of sp³-hybridized carbons (Fsp3) is 0.381. The van der Waals surface area contributed by atoms with Crippen molar-refractivity contribution in [1.82, 2.24) is 4.31 Å². The number of hydrogen-bond donors (Lipinski definition) is 2. The molecule has 2 aromatic carbocycles. The lowest BCUT2D eigenvalue weighted by molar-refractivity contribution is 0.102. The number of benzene rings is 2. The summed E-state index contributed by atoms with van der Waals surface area (Å²) in [7, 11) is -5.78. The minimum atomic E-state index is -3.69. The highest BCUT2D eigenvalue weighted by molar-refractivity contribution is 7.92. The van der Waals surface area contributed by atoms with Crippen LogP contribution in [0.15, 0.2) is 47.4 Å².